The van der Waals surface area contributed by atoms with Gasteiger partial charge in [0.05, 0.1) is 0 Å². The van der Waals surface area contributed by atoms with E-state index in [0.717, 1.165) is 23.2 Å². The predicted octanol–water partition coefficient (Wildman–Crippen LogP) is 4.80. The Morgan fingerprint density at radius 1 is 1.00 bits per heavy atom. The standard InChI is InChI=1S/C21H19BrN2O3/c22-15-4-9-19-14(12-15)13-18(21(26)27-19)20(25)23-16-5-7-17(8-6-16)24-10-2-1-3-11-24/h4-9,12-13H,1-3,10-11H2,(H,23,25). The van der Waals surface area contributed by atoms with Crippen LogP contribution in [0.4, 0.5) is 11.4 Å². The number of halogens is 1. The van der Waals surface area contributed by atoms with Gasteiger partial charge in [-0.25, -0.2) is 4.79 Å². The van der Waals surface area contributed by atoms with Gasteiger partial charge >= 0.3 is 5.63 Å². The molecule has 1 saturated heterocycles. The van der Waals surface area contributed by atoms with Crippen LogP contribution in [0.2, 0.25) is 0 Å². The van der Waals surface area contributed by atoms with E-state index in [1.54, 1.807) is 18.2 Å². The van der Waals surface area contributed by atoms with E-state index in [1.807, 2.05) is 30.3 Å². The summed E-state index contributed by atoms with van der Waals surface area (Å²) in [4.78, 5) is 27.1. The Bertz CT molecular complexity index is 1040. The molecule has 6 heteroatoms. The van der Waals surface area contributed by atoms with Crippen molar-refractivity contribution < 1.29 is 9.21 Å². The highest BCUT2D eigenvalue weighted by atomic mass is 79.9. The lowest BCUT2D eigenvalue weighted by atomic mass is 10.1. The lowest BCUT2D eigenvalue weighted by Crippen LogP contribution is -2.29. The normalized spacial score (nSPS) is 14.3. The van der Waals surface area contributed by atoms with Gasteiger partial charge in [-0.15, -0.1) is 0 Å². The van der Waals surface area contributed by atoms with Gasteiger partial charge in [0.15, 0.2) is 0 Å². The van der Waals surface area contributed by atoms with Crippen molar-refractivity contribution in [2.45, 2.75) is 19.3 Å². The lowest BCUT2D eigenvalue weighted by Gasteiger charge is -2.28. The Labute approximate surface area is 165 Å². The molecule has 27 heavy (non-hydrogen) atoms. The van der Waals surface area contributed by atoms with Gasteiger partial charge in [0, 0.05) is 34.3 Å². The molecular formula is C21H19BrN2O3. The Hall–Kier alpha value is -2.60. The van der Waals surface area contributed by atoms with Gasteiger partial charge in [0.1, 0.15) is 11.1 Å². The summed E-state index contributed by atoms with van der Waals surface area (Å²) in [6.07, 6.45) is 3.72. The van der Waals surface area contributed by atoms with E-state index in [-0.39, 0.29) is 5.56 Å². The van der Waals surface area contributed by atoms with Gasteiger partial charge in [-0.05, 0) is 67.8 Å². The van der Waals surface area contributed by atoms with Crippen LogP contribution in [0.25, 0.3) is 11.0 Å². The fourth-order valence-corrected chi connectivity index (χ4v) is 3.74. The third-order valence-corrected chi connectivity index (χ3v) is 5.28. The molecule has 1 amide bonds. The number of rotatable bonds is 3. The minimum atomic E-state index is -0.646. The summed E-state index contributed by atoms with van der Waals surface area (Å²) < 4.78 is 6.11. The van der Waals surface area contributed by atoms with E-state index in [0.29, 0.717) is 16.7 Å². The first-order valence-corrected chi connectivity index (χ1v) is 9.79. The van der Waals surface area contributed by atoms with Gasteiger partial charge in [0.2, 0.25) is 0 Å². The summed E-state index contributed by atoms with van der Waals surface area (Å²) in [5, 5.41) is 3.47. The summed E-state index contributed by atoms with van der Waals surface area (Å²) in [7, 11) is 0. The van der Waals surface area contributed by atoms with E-state index in [9.17, 15) is 9.59 Å². The quantitative estimate of drug-likeness (QED) is 0.611. The van der Waals surface area contributed by atoms with E-state index in [2.05, 4.69) is 26.1 Å². The number of anilines is 2. The van der Waals surface area contributed by atoms with Crippen molar-refractivity contribution in [1.82, 2.24) is 0 Å². The van der Waals surface area contributed by atoms with Crippen molar-refractivity contribution >= 4 is 44.2 Å². The molecule has 1 aliphatic heterocycles. The number of hydrogen-bond donors (Lipinski definition) is 1. The Morgan fingerprint density at radius 3 is 2.48 bits per heavy atom. The minimum Gasteiger partial charge on any atom is -0.422 e. The van der Waals surface area contributed by atoms with Crippen molar-refractivity contribution in [3.63, 3.8) is 0 Å². The molecular weight excluding hydrogens is 408 g/mol. The third-order valence-electron chi connectivity index (χ3n) is 4.79. The van der Waals surface area contributed by atoms with Crippen LogP contribution in [0.1, 0.15) is 29.6 Å². The fraction of sp³-hybridized carbons (Fsp3) is 0.238. The Kier molecular flexibility index (Phi) is 4.99. The predicted molar refractivity (Wildman–Crippen MR) is 111 cm³/mol. The number of carbonyl (C=O) groups is 1. The first kappa shape index (κ1) is 17.8. The molecule has 138 valence electrons. The van der Waals surface area contributed by atoms with E-state index >= 15 is 0 Å². The topological polar surface area (TPSA) is 62.6 Å². The molecule has 0 saturated carbocycles. The van der Waals surface area contributed by atoms with Crippen molar-refractivity contribution in [2.24, 2.45) is 0 Å². The zero-order chi connectivity index (χ0) is 18.8. The van der Waals surface area contributed by atoms with Crippen LogP contribution >= 0.6 is 15.9 Å². The number of carbonyl (C=O) groups excluding carboxylic acids is 1. The third kappa shape index (κ3) is 3.90. The van der Waals surface area contributed by atoms with Crippen LogP contribution in [-0.2, 0) is 0 Å². The maximum absolute atomic E-state index is 12.6. The molecule has 2 heterocycles. The molecule has 0 atom stereocenters. The fourth-order valence-electron chi connectivity index (χ4n) is 3.36. The molecule has 0 radical (unpaired) electrons. The first-order chi connectivity index (χ1) is 13.1. The molecule has 1 aliphatic rings. The number of fused-ring (bicyclic) bond motifs is 1. The molecule has 0 unspecified atom stereocenters. The number of nitrogens with one attached hydrogen (secondary N) is 1. The molecule has 1 fully saturated rings. The van der Waals surface area contributed by atoms with Crippen LogP contribution in [0, 0.1) is 0 Å². The molecule has 2 aromatic carbocycles. The molecule has 5 nitrogen and oxygen atoms in total. The maximum atomic E-state index is 12.6. The van der Waals surface area contributed by atoms with Gasteiger partial charge in [0.25, 0.3) is 5.91 Å². The van der Waals surface area contributed by atoms with Gasteiger partial charge in [-0.2, -0.15) is 0 Å². The second kappa shape index (κ2) is 7.56. The highest BCUT2D eigenvalue weighted by molar-refractivity contribution is 9.10. The molecule has 0 aliphatic carbocycles. The first-order valence-electron chi connectivity index (χ1n) is 9.00. The number of hydrogen-bond acceptors (Lipinski definition) is 4. The monoisotopic (exact) mass is 426 g/mol. The van der Waals surface area contributed by atoms with E-state index in [4.69, 9.17) is 4.42 Å². The van der Waals surface area contributed by atoms with Gasteiger partial charge in [-0.3, -0.25) is 4.79 Å². The molecule has 3 aromatic rings. The van der Waals surface area contributed by atoms with Crippen LogP contribution < -0.4 is 15.8 Å². The van der Waals surface area contributed by atoms with E-state index < -0.39 is 11.5 Å². The summed E-state index contributed by atoms with van der Waals surface area (Å²) >= 11 is 3.38. The van der Waals surface area contributed by atoms with Crippen molar-refractivity contribution in [3.05, 3.63) is 69.0 Å². The largest absolute Gasteiger partial charge is 0.422 e. The van der Waals surface area contributed by atoms with Crippen LogP contribution in [0.5, 0.6) is 0 Å². The second-order valence-electron chi connectivity index (χ2n) is 6.68. The zero-order valence-corrected chi connectivity index (χ0v) is 16.3. The summed E-state index contributed by atoms with van der Waals surface area (Å²) in [6.45, 7) is 2.14. The van der Waals surface area contributed by atoms with E-state index in [1.165, 1.54) is 19.3 Å². The average molecular weight is 427 g/mol. The Morgan fingerprint density at radius 2 is 1.74 bits per heavy atom. The smallest absolute Gasteiger partial charge is 0.349 e. The SMILES string of the molecule is O=C(Nc1ccc(N2CCCCC2)cc1)c1cc2cc(Br)ccc2oc1=O. The van der Waals surface area contributed by atoms with Crippen molar-refractivity contribution in [1.29, 1.82) is 0 Å². The number of benzene rings is 2. The molecule has 4 rings (SSSR count). The number of amides is 1. The van der Waals surface area contributed by atoms with Gasteiger partial charge < -0.3 is 14.6 Å². The van der Waals surface area contributed by atoms with Crippen LogP contribution in [-0.4, -0.2) is 19.0 Å². The average Bonchev–Trinajstić information content (AvgIpc) is 2.69. The Balaban J connectivity index is 1.54. The maximum Gasteiger partial charge on any atom is 0.349 e. The van der Waals surface area contributed by atoms with Crippen molar-refractivity contribution in [2.75, 3.05) is 23.3 Å². The summed E-state index contributed by atoms with van der Waals surface area (Å²) in [5.41, 5.74) is 1.59. The molecule has 1 N–H and O–H groups in total. The van der Waals surface area contributed by atoms with Gasteiger partial charge in [-0.1, -0.05) is 15.9 Å². The van der Waals surface area contributed by atoms with Crippen LogP contribution in [0.3, 0.4) is 0 Å². The summed E-state index contributed by atoms with van der Waals surface area (Å²) in [5.74, 6) is -0.476. The molecule has 0 bridgehead atoms. The second-order valence-corrected chi connectivity index (χ2v) is 7.59. The van der Waals surface area contributed by atoms with Crippen molar-refractivity contribution in [3.8, 4) is 0 Å². The summed E-state index contributed by atoms with van der Waals surface area (Å²) in [6, 6.07) is 14.6. The number of nitrogens with zero attached hydrogens (tertiary/aromatic N) is 1. The lowest BCUT2D eigenvalue weighted by molar-refractivity contribution is 0.102. The molecule has 0 spiro atoms. The zero-order valence-electron chi connectivity index (χ0n) is 14.7. The number of piperidine rings is 1. The highest BCUT2D eigenvalue weighted by Crippen LogP contribution is 2.23. The highest BCUT2D eigenvalue weighted by Gasteiger charge is 2.15. The van der Waals surface area contributed by atoms with Crippen LogP contribution in [0.15, 0.2) is 62.2 Å². The molecule has 1 aromatic heterocycles. The minimum absolute atomic E-state index is 0.0132.